The topological polar surface area (TPSA) is 87.2 Å². The number of methoxy groups -OCH3 is 3. The van der Waals surface area contributed by atoms with E-state index in [2.05, 4.69) is 71.5 Å². The number of hydrogen-bond acceptors (Lipinski definition) is 10. The maximum absolute atomic E-state index is 5.72. The van der Waals surface area contributed by atoms with Gasteiger partial charge in [0, 0.05) is 69.0 Å². The van der Waals surface area contributed by atoms with Gasteiger partial charge in [-0.3, -0.25) is 4.90 Å². The molecule has 0 unspecified atom stereocenters. The highest BCUT2D eigenvalue weighted by molar-refractivity contribution is 5.92. The Balaban J connectivity index is 1.46. The second kappa shape index (κ2) is 15.8. The number of unbranched alkanes of at least 4 members (excludes halogenated alkanes) is 1. The quantitative estimate of drug-likeness (QED) is 0.213. The van der Waals surface area contributed by atoms with E-state index in [1.54, 1.807) is 21.3 Å². The Hall–Kier alpha value is -3.50. The number of nitrogens with one attached hydrogen (secondary N) is 2. The Morgan fingerprint density at radius 1 is 0.907 bits per heavy atom. The molecule has 43 heavy (non-hydrogen) atoms. The highest BCUT2D eigenvalue weighted by atomic mass is 16.5. The first-order valence-electron chi connectivity index (χ1n) is 15.6. The highest BCUT2D eigenvalue weighted by Gasteiger charge is 2.23. The second-order valence-corrected chi connectivity index (χ2v) is 11.3. The summed E-state index contributed by atoms with van der Waals surface area (Å²) in [5, 5.41) is 8.17. The summed E-state index contributed by atoms with van der Waals surface area (Å²) in [5.74, 6) is 3.73. The number of piperidine rings is 1. The van der Waals surface area contributed by atoms with Crippen LogP contribution in [-0.2, 0) is 6.54 Å². The van der Waals surface area contributed by atoms with Gasteiger partial charge in [0.2, 0.25) is 5.95 Å². The van der Waals surface area contributed by atoms with Crippen LogP contribution in [0.1, 0.15) is 45.1 Å². The van der Waals surface area contributed by atoms with Crippen LogP contribution in [0.4, 0.5) is 17.5 Å². The summed E-state index contributed by atoms with van der Waals surface area (Å²) < 4.78 is 16.9. The van der Waals surface area contributed by atoms with Crippen molar-refractivity contribution < 1.29 is 14.2 Å². The number of aromatic nitrogens is 2. The Morgan fingerprint density at radius 3 is 2.26 bits per heavy atom. The van der Waals surface area contributed by atoms with E-state index in [1.165, 1.54) is 11.3 Å². The third-order valence-corrected chi connectivity index (χ3v) is 8.40. The van der Waals surface area contributed by atoms with Crippen LogP contribution in [0.25, 0.3) is 10.9 Å². The molecule has 1 fully saturated rings. The van der Waals surface area contributed by atoms with Gasteiger partial charge in [-0.05, 0) is 63.5 Å². The number of nitrogens with zero attached hydrogens (tertiary/aromatic N) is 5. The molecule has 2 N–H and O–H groups in total. The fourth-order valence-corrected chi connectivity index (χ4v) is 5.82. The third-order valence-electron chi connectivity index (χ3n) is 8.40. The van der Waals surface area contributed by atoms with E-state index < -0.39 is 0 Å². The molecule has 2 aromatic carbocycles. The molecule has 0 saturated carbocycles. The zero-order chi connectivity index (χ0) is 30.8. The highest BCUT2D eigenvalue weighted by Crippen LogP contribution is 2.36. The van der Waals surface area contributed by atoms with Gasteiger partial charge in [-0.15, -0.1) is 0 Å². The van der Waals surface area contributed by atoms with Crippen LogP contribution in [-0.4, -0.2) is 101 Å². The predicted octanol–water partition coefficient (Wildman–Crippen LogP) is 5.33. The zero-order valence-electron chi connectivity index (χ0n) is 27.2. The average Bonchev–Trinajstić information content (AvgIpc) is 3.03. The standard InChI is InChI=1S/C33H51N7O3/c1-8-39(9-2)18-11-10-17-34-33-36-27-22-31(43-7)30(42-6)21-25(27)32(37-33)35-24-15-19-40(20-16-24)23-26-28(38(3)4)13-12-14-29(26)41-5/h12-14,21-22,24H,8-11,15-20,23H2,1-7H3,(H2,34,35,36,37). The molecule has 0 atom stereocenters. The third kappa shape index (κ3) is 8.32. The molecule has 0 spiro atoms. The predicted molar refractivity (Wildman–Crippen MR) is 177 cm³/mol. The maximum atomic E-state index is 5.72. The van der Waals surface area contributed by atoms with Gasteiger partial charge in [-0.2, -0.15) is 4.98 Å². The van der Waals surface area contributed by atoms with E-state index in [0.29, 0.717) is 23.5 Å². The van der Waals surface area contributed by atoms with Crippen molar-refractivity contribution in [3.63, 3.8) is 0 Å². The summed E-state index contributed by atoms with van der Waals surface area (Å²) in [7, 11) is 9.23. The first-order valence-corrected chi connectivity index (χ1v) is 15.6. The molecule has 0 aliphatic carbocycles. The number of likely N-dealkylation sites (tertiary alicyclic amines) is 1. The summed E-state index contributed by atoms with van der Waals surface area (Å²) >= 11 is 0. The van der Waals surface area contributed by atoms with E-state index in [0.717, 1.165) is 94.0 Å². The van der Waals surface area contributed by atoms with Gasteiger partial charge < -0.3 is 34.6 Å². The molecular formula is C33H51N7O3. The molecule has 10 nitrogen and oxygen atoms in total. The number of ether oxygens (including phenoxy) is 3. The lowest BCUT2D eigenvalue weighted by Gasteiger charge is -2.34. The molecule has 0 amide bonds. The minimum absolute atomic E-state index is 0.301. The van der Waals surface area contributed by atoms with Crippen molar-refractivity contribution in [3.8, 4) is 17.2 Å². The molecule has 0 radical (unpaired) electrons. The summed E-state index contributed by atoms with van der Waals surface area (Å²) in [5.41, 5.74) is 3.26. The van der Waals surface area contributed by atoms with Crippen molar-refractivity contribution in [2.45, 2.75) is 52.1 Å². The molecule has 3 aromatic rings. The monoisotopic (exact) mass is 593 g/mol. The van der Waals surface area contributed by atoms with Crippen molar-refractivity contribution in [3.05, 3.63) is 35.9 Å². The first kappa shape index (κ1) is 32.4. The Morgan fingerprint density at radius 2 is 1.60 bits per heavy atom. The summed E-state index contributed by atoms with van der Waals surface area (Å²) in [6.45, 7) is 11.4. The summed E-state index contributed by atoms with van der Waals surface area (Å²) in [4.78, 5) is 16.9. The number of benzene rings is 2. The second-order valence-electron chi connectivity index (χ2n) is 11.3. The molecule has 236 valence electrons. The van der Waals surface area contributed by atoms with Crippen LogP contribution >= 0.6 is 0 Å². The average molecular weight is 594 g/mol. The maximum Gasteiger partial charge on any atom is 0.225 e. The lowest BCUT2D eigenvalue weighted by molar-refractivity contribution is 0.209. The van der Waals surface area contributed by atoms with Gasteiger partial charge in [0.15, 0.2) is 11.5 Å². The Kier molecular flexibility index (Phi) is 11.9. The number of anilines is 3. The van der Waals surface area contributed by atoms with E-state index in [9.17, 15) is 0 Å². The first-order chi connectivity index (χ1) is 20.9. The van der Waals surface area contributed by atoms with Crippen LogP contribution in [0, 0.1) is 0 Å². The summed E-state index contributed by atoms with van der Waals surface area (Å²) in [6.07, 6.45) is 4.23. The van der Waals surface area contributed by atoms with E-state index in [1.807, 2.05) is 12.1 Å². The molecule has 0 bridgehead atoms. The van der Waals surface area contributed by atoms with Crippen LogP contribution in [0.15, 0.2) is 30.3 Å². The van der Waals surface area contributed by atoms with Crippen LogP contribution < -0.4 is 29.7 Å². The van der Waals surface area contributed by atoms with Crippen molar-refractivity contribution in [1.82, 2.24) is 19.8 Å². The van der Waals surface area contributed by atoms with Gasteiger partial charge in [0.1, 0.15) is 11.6 Å². The molecule has 2 heterocycles. The van der Waals surface area contributed by atoms with Gasteiger partial charge in [-0.1, -0.05) is 19.9 Å². The van der Waals surface area contributed by atoms with Gasteiger partial charge in [0.05, 0.1) is 26.8 Å². The van der Waals surface area contributed by atoms with E-state index >= 15 is 0 Å². The molecule has 1 aliphatic heterocycles. The molecule has 1 aliphatic rings. The SMILES string of the molecule is CCN(CC)CCCCNc1nc(NC2CCN(Cc3c(OC)cccc3N(C)C)CC2)c2cc(OC)c(OC)cc2n1. The fraction of sp³-hybridized carbons (Fsp3) is 0.576. The van der Waals surface area contributed by atoms with Gasteiger partial charge in [-0.25, -0.2) is 4.98 Å². The largest absolute Gasteiger partial charge is 0.496 e. The molecule has 1 aromatic heterocycles. The number of rotatable bonds is 16. The Bertz CT molecular complexity index is 1310. The minimum atomic E-state index is 0.301. The van der Waals surface area contributed by atoms with Gasteiger partial charge >= 0.3 is 0 Å². The molecular weight excluding hydrogens is 542 g/mol. The van der Waals surface area contributed by atoms with E-state index in [4.69, 9.17) is 24.2 Å². The normalized spacial score (nSPS) is 14.2. The lowest BCUT2D eigenvalue weighted by Crippen LogP contribution is -2.39. The molecule has 4 rings (SSSR count). The van der Waals surface area contributed by atoms with Crippen molar-refractivity contribution in [2.24, 2.45) is 0 Å². The van der Waals surface area contributed by atoms with Crippen molar-refractivity contribution in [2.75, 3.05) is 90.2 Å². The minimum Gasteiger partial charge on any atom is -0.496 e. The smallest absolute Gasteiger partial charge is 0.225 e. The number of hydrogen-bond donors (Lipinski definition) is 2. The Labute approximate surface area is 257 Å². The van der Waals surface area contributed by atoms with Crippen molar-refractivity contribution in [1.29, 1.82) is 0 Å². The lowest BCUT2D eigenvalue weighted by atomic mass is 10.0. The van der Waals surface area contributed by atoms with Crippen molar-refractivity contribution >= 4 is 28.4 Å². The van der Waals surface area contributed by atoms with E-state index in [-0.39, 0.29) is 0 Å². The molecule has 10 heteroatoms. The zero-order valence-corrected chi connectivity index (χ0v) is 27.2. The number of fused-ring (bicyclic) bond motifs is 1. The van der Waals surface area contributed by atoms with Crippen LogP contribution in [0.3, 0.4) is 0 Å². The summed E-state index contributed by atoms with van der Waals surface area (Å²) in [6, 6.07) is 10.5. The van der Waals surface area contributed by atoms with Crippen LogP contribution in [0.5, 0.6) is 17.2 Å². The van der Waals surface area contributed by atoms with Crippen LogP contribution in [0.2, 0.25) is 0 Å². The fourth-order valence-electron chi connectivity index (χ4n) is 5.82. The molecule has 1 saturated heterocycles. The van der Waals surface area contributed by atoms with Gasteiger partial charge in [0.25, 0.3) is 0 Å².